The number of methoxy groups -OCH3 is 2. The van der Waals surface area contributed by atoms with Crippen molar-refractivity contribution in [1.29, 1.82) is 0 Å². The number of rotatable bonds is 4. The molecule has 0 bridgehead atoms. The van der Waals surface area contributed by atoms with Crippen molar-refractivity contribution >= 4 is 23.8 Å². The van der Waals surface area contributed by atoms with E-state index in [2.05, 4.69) is 10.5 Å². The highest BCUT2D eigenvalue weighted by Gasteiger charge is 2.09. The summed E-state index contributed by atoms with van der Waals surface area (Å²) in [6.07, 6.45) is 1.39. The van der Waals surface area contributed by atoms with Gasteiger partial charge in [0.1, 0.15) is 0 Å². The molecule has 0 aliphatic heterocycles. The third kappa shape index (κ3) is 3.53. The average molecular weight is 258 g/mol. The fraction of sp³-hybridized carbons (Fsp3) is 0.200. The lowest BCUT2D eigenvalue weighted by Gasteiger charge is -2.09. The summed E-state index contributed by atoms with van der Waals surface area (Å²) in [7, 11) is 2.99. The number of carbonyl (C=O) groups is 1. The maximum Gasteiger partial charge on any atom is 0.332 e. The summed E-state index contributed by atoms with van der Waals surface area (Å²) in [4.78, 5) is 10.4. The molecule has 0 saturated heterocycles. The molecule has 7 heteroatoms. The first-order valence-electron chi connectivity index (χ1n) is 4.58. The van der Waals surface area contributed by atoms with E-state index in [1.165, 1.54) is 20.4 Å². The molecular formula is C10H12ClN3O3. The van der Waals surface area contributed by atoms with Crippen LogP contribution in [0.5, 0.6) is 11.5 Å². The van der Waals surface area contributed by atoms with Gasteiger partial charge in [-0.25, -0.2) is 10.2 Å². The normalized spacial score (nSPS) is 10.3. The van der Waals surface area contributed by atoms with Gasteiger partial charge < -0.3 is 15.2 Å². The molecule has 2 amide bonds. The number of nitrogens with one attached hydrogen (secondary N) is 1. The summed E-state index contributed by atoms with van der Waals surface area (Å²) in [5.41, 5.74) is 7.57. The second kappa shape index (κ2) is 5.95. The lowest BCUT2D eigenvalue weighted by Crippen LogP contribution is -2.24. The van der Waals surface area contributed by atoms with Gasteiger partial charge in [0.05, 0.1) is 25.5 Å². The van der Waals surface area contributed by atoms with Crippen molar-refractivity contribution in [3.63, 3.8) is 0 Å². The van der Waals surface area contributed by atoms with E-state index in [0.717, 1.165) is 0 Å². The Hall–Kier alpha value is -1.95. The number of halogens is 1. The Morgan fingerprint density at radius 2 is 2.18 bits per heavy atom. The Bertz CT molecular complexity index is 449. The summed E-state index contributed by atoms with van der Waals surface area (Å²) in [5.74, 6) is 0.912. The van der Waals surface area contributed by atoms with E-state index in [4.69, 9.17) is 26.8 Å². The largest absolute Gasteiger partial charge is 0.493 e. The number of nitrogens with two attached hydrogens (primary N) is 1. The van der Waals surface area contributed by atoms with Crippen LogP contribution in [0.2, 0.25) is 5.02 Å². The molecule has 0 saturated carbocycles. The Morgan fingerprint density at radius 3 is 2.71 bits per heavy atom. The molecule has 0 radical (unpaired) electrons. The molecule has 1 aromatic rings. The molecule has 0 fully saturated rings. The van der Waals surface area contributed by atoms with Crippen LogP contribution in [-0.4, -0.2) is 26.5 Å². The molecule has 3 N–H and O–H groups in total. The minimum Gasteiger partial charge on any atom is -0.493 e. The van der Waals surface area contributed by atoms with Crippen molar-refractivity contribution in [2.45, 2.75) is 0 Å². The van der Waals surface area contributed by atoms with Crippen LogP contribution in [0.4, 0.5) is 4.79 Å². The first kappa shape index (κ1) is 13.1. The summed E-state index contributed by atoms with van der Waals surface area (Å²) >= 11 is 5.98. The molecule has 1 aromatic carbocycles. The van der Waals surface area contributed by atoms with Crippen molar-refractivity contribution in [2.24, 2.45) is 10.8 Å². The number of nitrogens with zero attached hydrogens (tertiary/aromatic N) is 1. The Labute approximate surface area is 103 Å². The molecule has 17 heavy (non-hydrogen) atoms. The van der Waals surface area contributed by atoms with Gasteiger partial charge in [-0.1, -0.05) is 11.6 Å². The Kier molecular flexibility index (Phi) is 4.59. The van der Waals surface area contributed by atoms with Crippen molar-refractivity contribution < 1.29 is 14.3 Å². The van der Waals surface area contributed by atoms with Gasteiger partial charge in [-0.3, -0.25) is 0 Å². The molecule has 1 rings (SSSR count). The first-order chi connectivity index (χ1) is 8.08. The van der Waals surface area contributed by atoms with E-state index >= 15 is 0 Å². The molecule has 0 aromatic heterocycles. The molecule has 92 valence electrons. The van der Waals surface area contributed by atoms with Crippen molar-refractivity contribution in [1.82, 2.24) is 5.43 Å². The number of benzene rings is 1. The van der Waals surface area contributed by atoms with E-state index in [0.29, 0.717) is 22.1 Å². The molecule has 0 heterocycles. The number of hydrazone groups is 1. The van der Waals surface area contributed by atoms with E-state index in [1.807, 2.05) is 0 Å². The van der Waals surface area contributed by atoms with Gasteiger partial charge in [0.2, 0.25) is 0 Å². The number of carbonyl (C=O) groups excluding carboxylic acids is 1. The molecule has 6 nitrogen and oxygen atoms in total. The van der Waals surface area contributed by atoms with Gasteiger partial charge >= 0.3 is 6.03 Å². The van der Waals surface area contributed by atoms with E-state index < -0.39 is 6.03 Å². The van der Waals surface area contributed by atoms with Gasteiger partial charge in [-0.15, -0.1) is 0 Å². The number of urea groups is 1. The van der Waals surface area contributed by atoms with Gasteiger partial charge in [0.25, 0.3) is 0 Å². The Balaban J connectivity index is 2.99. The van der Waals surface area contributed by atoms with Crippen LogP contribution in [0, 0.1) is 0 Å². The fourth-order valence-electron chi connectivity index (χ4n) is 1.18. The van der Waals surface area contributed by atoms with Crippen molar-refractivity contribution in [3.05, 3.63) is 22.7 Å². The van der Waals surface area contributed by atoms with E-state index in [9.17, 15) is 4.79 Å². The monoisotopic (exact) mass is 257 g/mol. The van der Waals surface area contributed by atoms with E-state index in [-0.39, 0.29) is 0 Å². The fourth-order valence-corrected chi connectivity index (χ4v) is 1.48. The van der Waals surface area contributed by atoms with E-state index in [1.54, 1.807) is 12.1 Å². The van der Waals surface area contributed by atoms with Crippen LogP contribution in [0.15, 0.2) is 17.2 Å². The molecular weight excluding hydrogens is 246 g/mol. The van der Waals surface area contributed by atoms with Crippen LogP contribution in [0.3, 0.4) is 0 Å². The smallest absolute Gasteiger partial charge is 0.332 e. The minimum atomic E-state index is -0.743. The molecule has 0 atom stereocenters. The highest BCUT2D eigenvalue weighted by atomic mass is 35.5. The van der Waals surface area contributed by atoms with Crippen LogP contribution < -0.4 is 20.6 Å². The molecule has 0 aliphatic carbocycles. The minimum absolute atomic E-state index is 0.382. The summed E-state index contributed by atoms with van der Waals surface area (Å²) < 4.78 is 10.2. The predicted molar refractivity (Wildman–Crippen MR) is 64.9 cm³/mol. The third-order valence-corrected chi connectivity index (χ3v) is 2.13. The molecule has 0 unspecified atom stereocenters. The van der Waals surface area contributed by atoms with Gasteiger partial charge in [-0.2, -0.15) is 5.10 Å². The lowest BCUT2D eigenvalue weighted by molar-refractivity contribution is 0.249. The summed E-state index contributed by atoms with van der Waals surface area (Å²) in [6.45, 7) is 0. The quantitative estimate of drug-likeness (QED) is 0.631. The first-order valence-corrected chi connectivity index (χ1v) is 4.96. The maximum atomic E-state index is 10.4. The number of amides is 2. The maximum absolute atomic E-state index is 10.4. The SMILES string of the molecule is COc1cc(/C=N/NC(N)=O)cc(Cl)c1OC. The highest BCUT2D eigenvalue weighted by molar-refractivity contribution is 6.32. The Morgan fingerprint density at radius 1 is 1.47 bits per heavy atom. The third-order valence-electron chi connectivity index (χ3n) is 1.84. The zero-order valence-electron chi connectivity index (χ0n) is 9.36. The van der Waals surface area contributed by atoms with Crippen LogP contribution in [-0.2, 0) is 0 Å². The number of ether oxygens (including phenoxy) is 2. The zero-order chi connectivity index (χ0) is 12.8. The number of hydrogen-bond donors (Lipinski definition) is 2. The highest BCUT2D eigenvalue weighted by Crippen LogP contribution is 2.35. The lowest BCUT2D eigenvalue weighted by atomic mass is 10.2. The zero-order valence-corrected chi connectivity index (χ0v) is 10.1. The second-order valence-corrected chi connectivity index (χ2v) is 3.38. The van der Waals surface area contributed by atoms with Gasteiger partial charge in [0, 0.05) is 0 Å². The van der Waals surface area contributed by atoms with Crippen LogP contribution >= 0.6 is 11.6 Å². The van der Waals surface area contributed by atoms with Gasteiger partial charge in [0.15, 0.2) is 11.5 Å². The van der Waals surface area contributed by atoms with Crippen LogP contribution in [0.1, 0.15) is 5.56 Å². The summed E-state index contributed by atoms with van der Waals surface area (Å²) in [5, 5.41) is 3.99. The van der Waals surface area contributed by atoms with Crippen LogP contribution in [0.25, 0.3) is 0 Å². The number of primary amides is 1. The topological polar surface area (TPSA) is 85.9 Å². The molecule has 0 spiro atoms. The van der Waals surface area contributed by atoms with Crippen molar-refractivity contribution in [3.8, 4) is 11.5 Å². The van der Waals surface area contributed by atoms with Crippen molar-refractivity contribution in [2.75, 3.05) is 14.2 Å². The standard InChI is InChI=1S/C10H12ClN3O3/c1-16-8-4-6(5-13-14-10(12)15)3-7(11)9(8)17-2/h3-5H,1-2H3,(H3,12,14,15)/b13-5+. The summed E-state index contributed by atoms with van der Waals surface area (Å²) in [6, 6.07) is 2.54. The molecule has 0 aliphatic rings. The van der Waals surface area contributed by atoms with Gasteiger partial charge in [-0.05, 0) is 17.7 Å². The number of hydrogen-bond acceptors (Lipinski definition) is 4. The predicted octanol–water partition coefficient (Wildman–Crippen LogP) is 1.36. The second-order valence-electron chi connectivity index (χ2n) is 2.97. The average Bonchev–Trinajstić information content (AvgIpc) is 2.27.